The number of carbonyl (C=O) groups is 4. The topological polar surface area (TPSA) is 170 Å². The van der Waals surface area contributed by atoms with Gasteiger partial charge in [-0.3, -0.25) is 29.1 Å². The number of esters is 4. The third-order valence-electron chi connectivity index (χ3n) is 11.0. The summed E-state index contributed by atoms with van der Waals surface area (Å²) >= 11 is 0. The third-order valence-corrected chi connectivity index (χ3v) is 11.0. The van der Waals surface area contributed by atoms with Crippen LogP contribution in [0.4, 0.5) is 0 Å². The van der Waals surface area contributed by atoms with Crippen molar-refractivity contribution in [1.29, 1.82) is 0 Å². The van der Waals surface area contributed by atoms with E-state index in [0.717, 1.165) is 33.4 Å². The Kier molecular flexibility index (Phi) is 11.2. The van der Waals surface area contributed by atoms with Crippen LogP contribution < -0.4 is 0 Å². The summed E-state index contributed by atoms with van der Waals surface area (Å²) in [4.78, 5) is 79.3. The summed E-state index contributed by atoms with van der Waals surface area (Å²) in [5, 5.41) is 0. The molecule has 298 valence electrons. The Morgan fingerprint density at radius 2 is 0.810 bits per heavy atom. The van der Waals surface area contributed by atoms with Gasteiger partial charge in [0.1, 0.15) is 0 Å². The zero-order valence-electron chi connectivity index (χ0n) is 33.5. The van der Waals surface area contributed by atoms with Gasteiger partial charge < -0.3 is 18.9 Å². The van der Waals surface area contributed by atoms with E-state index in [1.165, 1.54) is 0 Å². The molecule has 2 aliphatic rings. The molecule has 2 aliphatic carbocycles. The normalized spacial score (nSPS) is 14.6. The smallest absolute Gasteiger partial charge is 0.324 e. The van der Waals surface area contributed by atoms with Crippen molar-refractivity contribution in [3.63, 3.8) is 0 Å². The summed E-state index contributed by atoms with van der Waals surface area (Å²) in [5.41, 5.74) is 5.63. The molecule has 0 amide bonds. The van der Waals surface area contributed by atoms with E-state index in [2.05, 4.69) is 9.97 Å². The first kappa shape index (κ1) is 39.8. The van der Waals surface area contributed by atoms with E-state index in [0.29, 0.717) is 45.6 Å². The van der Waals surface area contributed by atoms with Gasteiger partial charge in [-0.1, -0.05) is 18.2 Å². The Labute approximate surface area is 336 Å². The second kappa shape index (κ2) is 16.2. The molecule has 0 aromatic carbocycles. The molecule has 5 heterocycles. The summed E-state index contributed by atoms with van der Waals surface area (Å²) in [6, 6.07) is 16.6. The number of nitrogens with zero attached hydrogens (tertiary/aromatic N) is 5. The standard InChI is InChI=1S/C45H45N5O8/c1-7-55-40(51)44(41(52)56-8-2)22-28-26(5)36(49-38(30(28)24-44)32-16-11-13-20-46-32)34-18-15-19-35(48-34)37-27(6)29-23-45(42(53)57-9-3,43(54)58-10-4)25-31(29)39(50-37)33-17-12-14-21-47-33/h11-21H,7-10,22-25H2,1-6H3. The average Bonchev–Trinajstić information content (AvgIpc) is 3.86. The maximum absolute atomic E-state index is 13.7. The Hall–Kier alpha value is -6.37. The van der Waals surface area contributed by atoms with Gasteiger partial charge in [-0.05, 0) is 111 Å². The fourth-order valence-corrected chi connectivity index (χ4v) is 8.19. The quantitative estimate of drug-likeness (QED) is 0.0778. The molecular weight excluding hydrogens is 739 g/mol. The molecule has 0 fully saturated rings. The summed E-state index contributed by atoms with van der Waals surface area (Å²) in [6.07, 6.45) is 3.54. The molecule has 0 spiro atoms. The zero-order chi connectivity index (χ0) is 41.2. The predicted molar refractivity (Wildman–Crippen MR) is 213 cm³/mol. The van der Waals surface area contributed by atoms with Gasteiger partial charge in [0.2, 0.25) is 0 Å². The van der Waals surface area contributed by atoms with E-state index in [9.17, 15) is 19.2 Å². The van der Waals surface area contributed by atoms with Gasteiger partial charge in [-0.2, -0.15) is 0 Å². The highest BCUT2D eigenvalue weighted by molar-refractivity contribution is 6.03. The van der Waals surface area contributed by atoms with Crippen molar-refractivity contribution >= 4 is 23.9 Å². The maximum atomic E-state index is 13.7. The van der Waals surface area contributed by atoms with Crippen LogP contribution in [0.1, 0.15) is 61.1 Å². The molecule has 13 nitrogen and oxygen atoms in total. The first-order valence-corrected chi connectivity index (χ1v) is 19.6. The van der Waals surface area contributed by atoms with E-state index in [1.54, 1.807) is 52.2 Å². The van der Waals surface area contributed by atoms with Crippen molar-refractivity contribution in [2.24, 2.45) is 10.8 Å². The highest BCUT2D eigenvalue weighted by Crippen LogP contribution is 2.48. The summed E-state index contributed by atoms with van der Waals surface area (Å²) in [6.45, 7) is 11.1. The van der Waals surface area contributed by atoms with E-state index in [1.807, 2.05) is 56.3 Å². The highest BCUT2D eigenvalue weighted by atomic mass is 16.6. The maximum Gasteiger partial charge on any atom is 0.324 e. The molecule has 5 aromatic rings. The predicted octanol–water partition coefficient (Wildman–Crippen LogP) is 6.37. The van der Waals surface area contributed by atoms with Crippen molar-refractivity contribution in [3.05, 3.63) is 100 Å². The van der Waals surface area contributed by atoms with E-state index in [-0.39, 0.29) is 52.1 Å². The molecule has 0 saturated carbocycles. The number of hydrogen-bond acceptors (Lipinski definition) is 13. The lowest BCUT2D eigenvalue weighted by Gasteiger charge is -2.24. The third kappa shape index (κ3) is 6.77. The lowest BCUT2D eigenvalue weighted by Crippen LogP contribution is -2.43. The number of hydrogen-bond donors (Lipinski definition) is 0. The molecule has 5 aromatic heterocycles. The average molecular weight is 784 g/mol. The Bertz CT molecular complexity index is 2220. The van der Waals surface area contributed by atoms with Crippen LogP contribution in [0.2, 0.25) is 0 Å². The second-order valence-corrected chi connectivity index (χ2v) is 14.4. The van der Waals surface area contributed by atoms with Crippen LogP contribution in [0.5, 0.6) is 0 Å². The summed E-state index contributed by atoms with van der Waals surface area (Å²) < 4.78 is 22.0. The minimum absolute atomic E-state index is 0.0428. The lowest BCUT2D eigenvalue weighted by molar-refractivity contribution is -0.173. The number of carbonyl (C=O) groups excluding carboxylic acids is 4. The summed E-state index contributed by atoms with van der Waals surface area (Å²) in [7, 11) is 0. The molecule has 0 unspecified atom stereocenters. The SMILES string of the molecule is CCOC(=O)C1(C(=O)OCC)Cc2c(-c3ccccn3)nc(-c3cccc(-c4nc(-c5ccccn5)c5c(c4C)CC(C(=O)OCC)(C(=O)OCC)C5)n3)c(C)c2C1. The van der Waals surface area contributed by atoms with Crippen molar-refractivity contribution in [2.75, 3.05) is 26.4 Å². The number of fused-ring (bicyclic) bond motifs is 2. The van der Waals surface area contributed by atoms with Gasteiger partial charge in [-0.25, -0.2) is 15.0 Å². The first-order valence-electron chi connectivity index (χ1n) is 19.6. The van der Waals surface area contributed by atoms with Gasteiger partial charge in [0.25, 0.3) is 0 Å². The van der Waals surface area contributed by atoms with Crippen LogP contribution in [0.25, 0.3) is 45.6 Å². The van der Waals surface area contributed by atoms with Gasteiger partial charge >= 0.3 is 23.9 Å². The largest absolute Gasteiger partial charge is 0.465 e. The van der Waals surface area contributed by atoms with Crippen molar-refractivity contribution in [3.8, 4) is 45.6 Å². The van der Waals surface area contributed by atoms with Crippen LogP contribution in [-0.2, 0) is 63.8 Å². The lowest BCUT2D eigenvalue weighted by atomic mass is 9.84. The molecule has 0 atom stereocenters. The number of pyridine rings is 5. The van der Waals surface area contributed by atoms with Crippen LogP contribution >= 0.6 is 0 Å². The molecule has 7 rings (SSSR count). The minimum atomic E-state index is -1.59. The fraction of sp³-hybridized carbons (Fsp3) is 0.356. The van der Waals surface area contributed by atoms with Crippen molar-refractivity contribution < 1.29 is 38.1 Å². The summed E-state index contributed by atoms with van der Waals surface area (Å²) in [5.74, 6) is -2.58. The van der Waals surface area contributed by atoms with Crippen molar-refractivity contribution in [1.82, 2.24) is 24.9 Å². The monoisotopic (exact) mass is 783 g/mol. The van der Waals surface area contributed by atoms with Crippen LogP contribution in [0.3, 0.4) is 0 Å². The molecule has 13 heteroatoms. The molecule has 58 heavy (non-hydrogen) atoms. The van der Waals surface area contributed by atoms with E-state index >= 15 is 0 Å². The van der Waals surface area contributed by atoms with Gasteiger partial charge in [0.05, 0.1) is 72.0 Å². The Morgan fingerprint density at radius 3 is 1.14 bits per heavy atom. The zero-order valence-corrected chi connectivity index (χ0v) is 33.5. The molecule has 0 radical (unpaired) electrons. The van der Waals surface area contributed by atoms with Crippen LogP contribution in [0.15, 0.2) is 67.0 Å². The van der Waals surface area contributed by atoms with Crippen molar-refractivity contribution in [2.45, 2.75) is 67.2 Å². The number of ether oxygens (including phenoxy) is 4. The van der Waals surface area contributed by atoms with E-state index < -0.39 is 34.7 Å². The molecular formula is C45H45N5O8. The molecule has 0 aliphatic heterocycles. The fourth-order valence-electron chi connectivity index (χ4n) is 8.19. The van der Waals surface area contributed by atoms with Crippen LogP contribution in [-0.4, -0.2) is 75.2 Å². The number of rotatable bonds is 12. The van der Waals surface area contributed by atoms with Crippen LogP contribution in [0, 0.1) is 24.7 Å². The Balaban J connectivity index is 1.40. The second-order valence-electron chi connectivity index (χ2n) is 14.4. The molecule has 0 bridgehead atoms. The first-order chi connectivity index (χ1) is 28.0. The minimum Gasteiger partial charge on any atom is -0.465 e. The van der Waals surface area contributed by atoms with Gasteiger partial charge in [-0.15, -0.1) is 0 Å². The van der Waals surface area contributed by atoms with E-state index in [4.69, 9.17) is 33.9 Å². The molecule has 0 N–H and O–H groups in total. The number of aromatic nitrogens is 5. The van der Waals surface area contributed by atoms with Gasteiger partial charge in [0, 0.05) is 38.1 Å². The van der Waals surface area contributed by atoms with Gasteiger partial charge in [0.15, 0.2) is 10.8 Å². The molecule has 0 saturated heterocycles. The highest BCUT2D eigenvalue weighted by Gasteiger charge is 2.56. The Morgan fingerprint density at radius 1 is 0.466 bits per heavy atom.